The highest BCUT2D eigenvalue weighted by Gasteiger charge is 2.10. The molecule has 0 aliphatic carbocycles. The first-order chi connectivity index (χ1) is 14.5. The number of nitrogens with one attached hydrogen (secondary N) is 1. The van der Waals surface area contributed by atoms with Gasteiger partial charge in [0.2, 0.25) is 0 Å². The molecule has 1 heterocycles. The summed E-state index contributed by atoms with van der Waals surface area (Å²) >= 11 is 0. The van der Waals surface area contributed by atoms with Gasteiger partial charge in [0.05, 0.1) is 19.0 Å². The maximum absolute atomic E-state index is 12.5. The van der Waals surface area contributed by atoms with E-state index in [9.17, 15) is 8.78 Å². The van der Waals surface area contributed by atoms with Crippen LogP contribution in [0.2, 0.25) is 0 Å². The zero-order valence-corrected chi connectivity index (χ0v) is 16.6. The lowest BCUT2D eigenvalue weighted by Gasteiger charge is -2.15. The number of aromatic nitrogens is 2. The Bertz CT molecular complexity index is 1050. The van der Waals surface area contributed by atoms with Crippen molar-refractivity contribution in [3.8, 4) is 11.5 Å². The number of rotatable bonds is 8. The summed E-state index contributed by atoms with van der Waals surface area (Å²) in [6.07, 6.45) is 6.92. The minimum atomic E-state index is -2.89. The highest BCUT2D eigenvalue weighted by molar-refractivity contribution is 5.87. The predicted octanol–water partition coefficient (Wildman–Crippen LogP) is 5.73. The van der Waals surface area contributed by atoms with Gasteiger partial charge in [-0.05, 0) is 48.4 Å². The molecule has 0 fully saturated rings. The van der Waals surface area contributed by atoms with Crippen LogP contribution in [0.1, 0.15) is 23.7 Å². The van der Waals surface area contributed by atoms with Crippen molar-refractivity contribution in [1.29, 1.82) is 0 Å². The van der Waals surface area contributed by atoms with Crippen molar-refractivity contribution in [3.63, 3.8) is 0 Å². The summed E-state index contributed by atoms with van der Waals surface area (Å²) < 4.78 is 34.8. The molecular weight excluding hydrogens is 388 g/mol. The standard InChI is InChI=1S/C23H21F2N3O2/c1-15(22-14-26-9-10-27-22)11-17-7-8-19(29-3)13-21(17)16(2)28-18-5-4-6-20(12-18)30-23(24)25/h4-14,23,28H,2H2,1,3H3/b15-11+. The van der Waals surface area contributed by atoms with E-state index >= 15 is 0 Å². The van der Waals surface area contributed by atoms with Crippen LogP contribution in [0.25, 0.3) is 17.3 Å². The first-order valence-electron chi connectivity index (χ1n) is 9.10. The molecule has 0 unspecified atom stereocenters. The van der Waals surface area contributed by atoms with Crippen LogP contribution in [0.5, 0.6) is 11.5 Å². The van der Waals surface area contributed by atoms with Crippen LogP contribution in [0.3, 0.4) is 0 Å². The third-order valence-corrected chi connectivity index (χ3v) is 4.28. The molecule has 0 spiro atoms. The number of anilines is 1. The van der Waals surface area contributed by atoms with E-state index in [1.807, 2.05) is 31.2 Å². The van der Waals surface area contributed by atoms with Gasteiger partial charge in [-0.1, -0.05) is 18.7 Å². The molecule has 0 bridgehead atoms. The van der Waals surface area contributed by atoms with Gasteiger partial charge in [-0.25, -0.2) is 0 Å². The van der Waals surface area contributed by atoms with Crippen molar-refractivity contribution in [2.45, 2.75) is 13.5 Å². The van der Waals surface area contributed by atoms with Crippen LogP contribution in [0.4, 0.5) is 14.5 Å². The molecule has 5 nitrogen and oxygen atoms in total. The third-order valence-electron chi connectivity index (χ3n) is 4.28. The number of hydrogen-bond donors (Lipinski definition) is 1. The lowest BCUT2D eigenvalue weighted by molar-refractivity contribution is -0.0498. The molecule has 0 saturated heterocycles. The van der Waals surface area contributed by atoms with E-state index < -0.39 is 6.61 Å². The topological polar surface area (TPSA) is 56.3 Å². The van der Waals surface area contributed by atoms with E-state index in [2.05, 4.69) is 26.6 Å². The Morgan fingerprint density at radius 2 is 1.97 bits per heavy atom. The first kappa shape index (κ1) is 21.0. The van der Waals surface area contributed by atoms with E-state index in [1.54, 1.807) is 37.8 Å². The Morgan fingerprint density at radius 1 is 1.13 bits per heavy atom. The smallest absolute Gasteiger partial charge is 0.387 e. The van der Waals surface area contributed by atoms with Gasteiger partial charge >= 0.3 is 6.61 Å². The van der Waals surface area contributed by atoms with Gasteiger partial charge < -0.3 is 14.8 Å². The monoisotopic (exact) mass is 409 g/mol. The van der Waals surface area contributed by atoms with Crippen LogP contribution in [0, 0.1) is 0 Å². The second-order valence-corrected chi connectivity index (χ2v) is 6.38. The van der Waals surface area contributed by atoms with Crippen LogP contribution in [-0.2, 0) is 0 Å². The third kappa shape index (κ3) is 5.41. The summed E-state index contributed by atoms with van der Waals surface area (Å²) in [7, 11) is 1.58. The molecule has 0 radical (unpaired) electrons. The summed E-state index contributed by atoms with van der Waals surface area (Å²) in [6, 6.07) is 11.9. The second kappa shape index (κ2) is 9.65. The molecule has 3 rings (SSSR count). The van der Waals surface area contributed by atoms with Gasteiger partial charge in [0.25, 0.3) is 0 Å². The molecule has 0 atom stereocenters. The molecule has 0 aliphatic heterocycles. The highest BCUT2D eigenvalue weighted by atomic mass is 19.3. The molecule has 1 aromatic heterocycles. The molecule has 0 amide bonds. The number of benzene rings is 2. The minimum Gasteiger partial charge on any atom is -0.497 e. The Balaban J connectivity index is 1.91. The number of allylic oxidation sites excluding steroid dienone is 1. The van der Waals surface area contributed by atoms with E-state index in [0.29, 0.717) is 17.1 Å². The number of ether oxygens (including phenoxy) is 2. The van der Waals surface area contributed by atoms with E-state index in [-0.39, 0.29) is 5.75 Å². The van der Waals surface area contributed by atoms with Crippen molar-refractivity contribution in [2.24, 2.45) is 0 Å². The largest absolute Gasteiger partial charge is 0.497 e. The average molecular weight is 409 g/mol. The van der Waals surface area contributed by atoms with Crippen molar-refractivity contribution in [3.05, 3.63) is 84.5 Å². The number of halogens is 2. The Morgan fingerprint density at radius 3 is 2.67 bits per heavy atom. The van der Waals surface area contributed by atoms with Gasteiger partial charge in [-0.3, -0.25) is 9.97 Å². The van der Waals surface area contributed by atoms with E-state index in [4.69, 9.17) is 4.74 Å². The second-order valence-electron chi connectivity index (χ2n) is 6.38. The summed E-state index contributed by atoms with van der Waals surface area (Å²) in [4.78, 5) is 8.41. The molecule has 154 valence electrons. The van der Waals surface area contributed by atoms with Crippen molar-refractivity contribution in [1.82, 2.24) is 9.97 Å². The Kier molecular flexibility index (Phi) is 6.75. The minimum absolute atomic E-state index is 0.0621. The van der Waals surface area contributed by atoms with E-state index in [1.165, 1.54) is 12.1 Å². The van der Waals surface area contributed by atoms with Crippen LogP contribution in [-0.4, -0.2) is 23.7 Å². The van der Waals surface area contributed by atoms with Gasteiger partial charge in [0.15, 0.2) is 0 Å². The van der Waals surface area contributed by atoms with Crippen LogP contribution in [0.15, 0.2) is 67.6 Å². The molecule has 7 heteroatoms. The molecule has 0 aliphatic rings. The summed E-state index contributed by atoms with van der Waals surface area (Å²) in [5.74, 6) is 0.726. The molecule has 30 heavy (non-hydrogen) atoms. The molecule has 3 aromatic rings. The number of nitrogens with zero attached hydrogens (tertiary/aromatic N) is 2. The zero-order valence-electron chi connectivity index (χ0n) is 16.6. The van der Waals surface area contributed by atoms with Gasteiger partial charge in [-0.2, -0.15) is 8.78 Å². The van der Waals surface area contributed by atoms with E-state index in [0.717, 1.165) is 22.4 Å². The Labute approximate surface area is 173 Å². The summed E-state index contributed by atoms with van der Waals surface area (Å²) in [6.45, 7) is 3.17. The summed E-state index contributed by atoms with van der Waals surface area (Å²) in [5, 5.41) is 3.14. The molecule has 2 aromatic carbocycles. The number of alkyl halides is 2. The van der Waals surface area contributed by atoms with Gasteiger partial charge in [-0.15, -0.1) is 0 Å². The van der Waals surface area contributed by atoms with Crippen LogP contribution < -0.4 is 14.8 Å². The fourth-order valence-corrected chi connectivity index (χ4v) is 2.85. The SMILES string of the molecule is C=C(Nc1cccc(OC(F)F)c1)c1cc(OC)ccc1/C=C(\C)c1cnccn1. The average Bonchev–Trinajstić information content (AvgIpc) is 2.74. The van der Waals surface area contributed by atoms with Crippen molar-refractivity contribution in [2.75, 3.05) is 12.4 Å². The number of methoxy groups -OCH3 is 1. The summed E-state index contributed by atoms with van der Waals surface area (Å²) in [5.41, 5.74) is 4.50. The Hall–Kier alpha value is -3.74. The maximum Gasteiger partial charge on any atom is 0.387 e. The van der Waals surface area contributed by atoms with Gasteiger partial charge in [0, 0.05) is 35.4 Å². The zero-order chi connectivity index (χ0) is 21.5. The lowest BCUT2D eigenvalue weighted by Crippen LogP contribution is -2.03. The van der Waals surface area contributed by atoms with Crippen molar-refractivity contribution < 1.29 is 18.3 Å². The molecule has 1 N–H and O–H groups in total. The predicted molar refractivity (Wildman–Crippen MR) is 114 cm³/mol. The van der Waals surface area contributed by atoms with Crippen LogP contribution >= 0.6 is 0 Å². The fourth-order valence-electron chi connectivity index (χ4n) is 2.85. The maximum atomic E-state index is 12.5. The fraction of sp³-hybridized carbons (Fsp3) is 0.130. The molecule has 0 saturated carbocycles. The van der Waals surface area contributed by atoms with Crippen molar-refractivity contribution >= 4 is 23.0 Å². The quantitative estimate of drug-likeness (QED) is 0.515. The lowest BCUT2D eigenvalue weighted by atomic mass is 10.0. The first-order valence-corrected chi connectivity index (χ1v) is 9.10. The highest BCUT2D eigenvalue weighted by Crippen LogP contribution is 2.29. The molecular formula is C23H21F2N3O2. The number of hydrogen-bond acceptors (Lipinski definition) is 5. The normalized spacial score (nSPS) is 11.3. The van der Waals surface area contributed by atoms with Gasteiger partial charge in [0.1, 0.15) is 11.5 Å².